The third-order valence-corrected chi connectivity index (χ3v) is 0.809. The van der Waals surface area contributed by atoms with Gasteiger partial charge in [-0.15, -0.1) is 0 Å². The molecular weight excluding hydrogens is 138 g/mol. The Morgan fingerprint density at radius 2 is 2.33 bits per heavy atom. The number of rotatable bonds is 5. The summed E-state index contributed by atoms with van der Waals surface area (Å²) in [5.74, 6) is 0. The lowest BCUT2D eigenvalue weighted by atomic mass is 10.5. The van der Waals surface area contributed by atoms with Gasteiger partial charge in [0.25, 0.3) is 0 Å². The Balaban J connectivity index is 2.83. The van der Waals surface area contributed by atoms with Crippen LogP contribution < -0.4 is 5.73 Å². The summed E-state index contributed by atoms with van der Waals surface area (Å²) in [6, 6.07) is 0. The molecule has 0 unspecified atom stereocenters. The minimum absolute atomic E-state index is 0.150. The molecule has 54 valence electrons. The molecule has 0 spiro atoms. The fourth-order valence-corrected chi connectivity index (χ4v) is 0.423. The maximum Gasteiger partial charge on any atom is 0.0989 e. The van der Waals surface area contributed by atoms with Gasteiger partial charge in [0.05, 0.1) is 11.6 Å². The number of hydrogen-bond acceptors (Lipinski definition) is 3. The zero-order valence-electron chi connectivity index (χ0n) is 5.17. The van der Waals surface area contributed by atoms with Crippen molar-refractivity contribution in [3.05, 3.63) is 0 Å². The summed E-state index contributed by atoms with van der Waals surface area (Å²) in [6.07, 6.45) is 0.641. The van der Waals surface area contributed by atoms with Crippen LogP contribution in [0.3, 0.4) is 0 Å². The van der Waals surface area contributed by atoms with E-state index in [0.29, 0.717) is 24.6 Å². The van der Waals surface area contributed by atoms with Gasteiger partial charge in [0.1, 0.15) is 0 Å². The van der Waals surface area contributed by atoms with Crippen LogP contribution >= 0.6 is 12.2 Å². The lowest BCUT2D eigenvalue weighted by Gasteiger charge is -1.98. The summed E-state index contributed by atoms with van der Waals surface area (Å²) in [7, 11) is 0. The predicted octanol–water partition coefficient (Wildman–Crippen LogP) is -0.328. The van der Waals surface area contributed by atoms with Crippen molar-refractivity contribution in [3.8, 4) is 0 Å². The topological polar surface area (TPSA) is 55.5 Å². The number of nitrogens with two attached hydrogens (primary N) is 1. The average Bonchev–Trinajstić information content (AvgIpc) is 1.80. The molecule has 0 bridgehead atoms. The molecule has 0 heterocycles. The van der Waals surface area contributed by atoms with Crippen molar-refractivity contribution < 1.29 is 9.84 Å². The summed E-state index contributed by atoms with van der Waals surface area (Å²) in [5.41, 5.74) is 5.12. The summed E-state index contributed by atoms with van der Waals surface area (Å²) >= 11 is 4.54. The van der Waals surface area contributed by atoms with E-state index in [1.165, 1.54) is 0 Å². The molecule has 0 aromatic rings. The maximum atomic E-state index is 8.29. The quantitative estimate of drug-likeness (QED) is 0.415. The van der Waals surface area contributed by atoms with Gasteiger partial charge in [0.2, 0.25) is 0 Å². The van der Waals surface area contributed by atoms with Gasteiger partial charge in [-0.1, -0.05) is 12.2 Å². The van der Waals surface area contributed by atoms with Crippen LogP contribution in [0.1, 0.15) is 6.42 Å². The van der Waals surface area contributed by atoms with Crippen LogP contribution in [0.15, 0.2) is 0 Å². The fraction of sp³-hybridized carbons (Fsp3) is 0.800. The molecule has 3 nitrogen and oxygen atoms in total. The van der Waals surface area contributed by atoms with Crippen LogP contribution in [0, 0.1) is 0 Å². The van der Waals surface area contributed by atoms with Crippen LogP contribution in [-0.2, 0) is 4.74 Å². The molecule has 0 saturated heterocycles. The van der Waals surface area contributed by atoms with Gasteiger partial charge in [-0.2, -0.15) is 0 Å². The zero-order valence-corrected chi connectivity index (χ0v) is 5.99. The molecular formula is C5H11NO2S. The number of thiocarbonyl (C=S) groups is 1. The van der Waals surface area contributed by atoms with Crippen molar-refractivity contribution in [2.75, 3.05) is 19.8 Å². The van der Waals surface area contributed by atoms with E-state index < -0.39 is 0 Å². The van der Waals surface area contributed by atoms with Crippen molar-refractivity contribution in [2.45, 2.75) is 6.42 Å². The molecule has 0 amide bonds. The Morgan fingerprint density at radius 3 is 2.78 bits per heavy atom. The van der Waals surface area contributed by atoms with E-state index in [1.807, 2.05) is 0 Å². The van der Waals surface area contributed by atoms with Gasteiger partial charge in [0.15, 0.2) is 0 Å². The molecule has 0 radical (unpaired) electrons. The first-order valence-electron chi connectivity index (χ1n) is 2.74. The number of hydrogen-bond donors (Lipinski definition) is 2. The van der Waals surface area contributed by atoms with Crippen molar-refractivity contribution in [3.63, 3.8) is 0 Å². The Hall–Kier alpha value is -0.190. The highest BCUT2D eigenvalue weighted by atomic mass is 32.1. The summed E-state index contributed by atoms with van der Waals surface area (Å²) in [4.78, 5) is 0.355. The van der Waals surface area contributed by atoms with Crippen LogP contribution in [0.5, 0.6) is 0 Å². The minimum atomic E-state index is 0.150. The molecule has 0 rings (SSSR count). The number of aliphatic hydroxyl groups is 1. The van der Waals surface area contributed by atoms with Gasteiger partial charge in [0, 0.05) is 13.2 Å². The van der Waals surface area contributed by atoms with Gasteiger partial charge in [-0.25, -0.2) is 0 Å². The highest BCUT2D eigenvalue weighted by Gasteiger charge is 1.87. The van der Waals surface area contributed by atoms with Crippen molar-refractivity contribution >= 4 is 17.2 Å². The van der Waals surface area contributed by atoms with E-state index in [9.17, 15) is 0 Å². The fourth-order valence-electron chi connectivity index (χ4n) is 0.339. The normalized spacial score (nSPS) is 9.44. The number of aliphatic hydroxyl groups excluding tert-OH is 1. The first-order valence-corrected chi connectivity index (χ1v) is 3.15. The van der Waals surface area contributed by atoms with Crippen molar-refractivity contribution in [2.24, 2.45) is 5.73 Å². The van der Waals surface area contributed by atoms with E-state index >= 15 is 0 Å². The molecule has 0 aliphatic carbocycles. The van der Waals surface area contributed by atoms with Gasteiger partial charge >= 0.3 is 0 Å². The minimum Gasteiger partial charge on any atom is -0.396 e. The van der Waals surface area contributed by atoms with E-state index in [1.54, 1.807) is 0 Å². The summed E-state index contributed by atoms with van der Waals surface area (Å²) in [6.45, 7) is 0.987. The highest BCUT2D eigenvalue weighted by molar-refractivity contribution is 7.80. The SMILES string of the molecule is NC(=S)COCCCO. The average molecular weight is 149 g/mol. The highest BCUT2D eigenvalue weighted by Crippen LogP contribution is 1.79. The van der Waals surface area contributed by atoms with Crippen LogP contribution in [0.2, 0.25) is 0 Å². The predicted molar refractivity (Wildman–Crippen MR) is 39.3 cm³/mol. The van der Waals surface area contributed by atoms with E-state index in [0.717, 1.165) is 0 Å². The molecule has 9 heavy (non-hydrogen) atoms. The standard InChI is InChI=1S/C5H11NO2S/c6-5(9)4-8-3-1-2-7/h7H,1-4H2,(H2,6,9). The third kappa shape index (κ3) is 7.81. The maximum absolute atomic E-state index is 8.29. The Kier molecular flexibility index (Phi) is 5.81. The Labute approximate surface area is 59.8 Å². The molecule has 3 N–H and O–H groups in total. The molecule has 0 atom stereocenters. The largest absolute Gasteiger partial charge is 0.396 e. The molecule has 0 aromatic heterocycles. The van der Waals surface area contributed by atoms with E-state index in [-0.39, 0.29) is 6.61 Å². The second kappa shape index (κ2) is 5.94. The summed E-state index contributed by atoms with van der Waals surface area (Å²) < 4.78 is 4.91. The first kappa shape index (κ1) is 8.81. The second-order valence-corrected chi connectivity index (χ2v) is 2.12. The first-order chi connectivity index (χ1) is 4.27. The van der Waals surface area contributed by atoms with E-state index in [4.69, 9.17) is 15.6 Å². The van der Waals surface area contributed by atoms with Gasteiger partial charge in [-0.3, -0.25) is 0 Å². The van der Waals surface area contributed by atoms with E-state index in [2.05, 4.69) is 12.2 Å². The zero-order chi connectivity index (χ0) is 7.11. The lowest BCUT2D eigenvalue weighted by Crippen LogP contribution is -2.16. The smallest absolute Gasteiger partial charge is 0.0989 e. The number of ether oxygens (including phenoxy) is 1. The van der Waals surface area contributed by atoms with Gasteiger partial charge < -0.3 is 15.6 Å². The van der Waals surface area contributed by atoms with Crippen molar-refractivity contribution in [1.82, 2.24) is 0 Å². The second-order valence-electron chi connectivity index (χ2n) is 1.60. The molecule has 0 fully saturated rings. The van der Waals surface area contributed by atoms with Crippen LogP contribution in [0.4, 0.5) is 0 Å². The van der Waals surface area contributed by atoms with Crippen LogP contribution in [0.25, 0.3) is 0 Å². The third-order valence-electron chi connectivity index (χ3n) is 0.691. The lowest BCUT2D eigenvalue weighted by molar-refractivity contribution is 0.146. The molecule has 0 aliphatic rings. The molecule has 0 aliphatic heterocycles. The molecule has 0 aromatic carbocycles. The Morgan fingerprint density at radius 1 is 1.67 bits per heavy atom. The summed E-state index contributed by atoms with van der Waals surface area (Å²) in [5, 5.41) is 8.29. The monoisotopic (exact) mass is 149 g/mol. The van der Waals surface area contributed by atoms with Crippen molar-refractivity contribution in [1.29, 1.82) is 0 Å². The molecule has 0 saturated carbocycles. The Bertz CT molecular complexity index is 87.0. The molecule has 4 heteroatoms. The van der Waals surface area contributed by atoms with Crippen LogP contribution in [-0.4, -0.2) is 29.9 Å². The van der Waals surface area contributed by atoms with Gasteiger partial charge in [-0.05, 0) is 6.42 Å².